The van der Waals surface area contributed by atoms with Crippen molar-refractivity contribution in [2.75, 3.05) is 0 Å². The van der Waals surface area contributed by atoms with Crippen LogP contribution < -0.4 is 21.5 Å². The van der Waals surface area contributed by atoms with Crippen LogP contribution in [0.5, 0.6) is 0 Å². The van der Waals surface area contributed by atoms with Crippen LogP contribution in [0.3, 0.4) is 0 Å². The van der Waals surface area contributed by atoms with Crippen molar-refractivity contribution in [2.24, 2.45) is 0 Å². The van der Waals surface area contributed by atoms with Crippen molar-refractivity contribution in [2.45, 2.75) is 19.3 Å². The molecule has 2 N–H and O–H groups in total. The normalized spacial score (nSPS) is 14.9. The van der Waals surface area contributed by atoms with Crippen LogP contribution in [0, 0.1) is 0 Å². The van der Waals surface area contributed by atoms with Gasteiger partial charge in [0.1, 0.15) is 10.7 Å². The minimum absolute atomic E-state index is 0.0845. The summed E-state index contributed by atoms with van der Waals surface area (Å²) in [5, 5.41) is 6.47. The molecule has 3 heterocycles. The smallest absolute Gasteiger partial charge is 0.158 e. The Kier molecular flexibility index (Phi) is 4.61. The molecule has 5 heteroatoms. The van der Waals surface area contributed by atoms with Gasteiger partial charge in [0.2, 0.25) is 0 Å². The number of para-hydroxylation sites is 1. The molecule has 0 radical (unpaired) electrons. The largest absolute Gasteiger partial charge is 0.297 e. The zero-order valence-corrected chi connectivity index (χ0v) is 23.3. The van der Waals surface area contributed by atoms with E-state index < -0.39 is 0 Å². The van der Waals surface area contributed by atoms with E-state index in [1.165, 1.54) is 43.8 Å². The molecule has 2 aromatic heterocycles. The third kappa shape index (κ3) is 3.08. The highest BCUT2D eigenvalue weighted by Gasteiger charge is 2.35. The zero-order valence-electron chi connectivity index (χ0n) is 23.3. The van der Waals surface area contributed by atoms with Crippen LogP contribution in [0.2, 0.25) is 0 Å². The topological polar surface area (TPSA) is 54.8 Å². The highest BCUT2D eigenvalue weighted by atomic mass is 15.4. The van der Waals surface area contributed by atoms with Crippen LogP contribution in [-0.4, -0.2) is 14.5 Å². The molecule has 0 bridgehead atoms. The second-order valence-electron chi connectivity index (χ2n) is 11.7. The van der Waals surface area contributed by atoms with Gasteiger partial charge in [-0.3, -0.25) is 20.4 Å². The highest BCUT2D eigenvalue weighted by Crippen LogP contribution is 2.49. The monoisotopic (exact) mass is 541 g/mol. The minimum Gasteiger partial charge on any atom is -0.297 e. The van der Waals surface area contributed by atoms with E-state index in [2.05, 4.69) is 132 Å². The Morgan fingerprint density at radius 1 is 0.595 bits per heavy atom. The van der Waals surface area contributed by atoms with Crippen molar-refractivity contribution in [1.29, 1.82) is 0 Å². The van der Waals surface area contributed by atoms with E-state index in [4.69, 9.17) is 9.97 Å². The van der Waals surface area contributed by atoms with E-state index in [1.807, 2.05) is 0 Å². The summed E-state index contributed by atoms with van der Waals surface area (Å²) in [6.07, 6.45) is 3.55. The van der Waals surface area contributed by atoms with Crippen LogP contribution in [0.4, 0.5) is 0 Å². The zero-order chi connectivity index (χ0) is 28.0. The van der Waals surface area contributed by atoms with E-state index in [-0.39, 0.29) is 5.41 Å². The Balaban J connectivity index is 1.33. The van der Waals surface area contributed by atoms with Crippen LogP contribution >= 0.6 is 0 Å². The molecule has 0 unspecified atom stereocenters. The molecule has 0 fully saturated rings. The van der Waals surface area contributed by atoms with Crippen molar-refractivity contribution >= 4 is 44.1 Å². The van der Waals surface area contributed by atoms with Crippen molar-refractivity contribution in [1.82, 2.24) is 25.4 Å². The summed E-state index contributed by atoms with van der Waals surface area (Å²) >= 11 is 0. The predicted octanol–water partition coefficient (Wildman–Crippen LogP) is 5.92. The molecule has 0 saturated heterocycles. The molecule has 0 spiro atoms. The molecule has 0 atom stereocenters. The maximum absolute atomic E-state index is 4.90. The van der Waals surface area contributed by atoms with Crippen molar-refractivity contribution in [3.05, 3.63) is 143 Å². The molecule has 0 amide bonds. The van der Waals surface area contributed by atoms with Gasteiger partial charge in [0, 0.05) is 34.1 Å². The number of hydrogen-bond donors (Lipinski definition) is 2. The Morgan fingerprint density at radius 2 is 1.31 bits per heavy atom. The fourth-order valence-electron chi connectivity index (χ4n) is 7.06. The van der Waals surface area contributed by atoms with Crippen molar-refractivity contribution in [3.8, 4) is 11.1 Å². The predicted molar refractivity (Wildman–Crippen MR) is 170 cm³/mol. The molecule has 2 aliphatic rings. The van der Waals surface area contributed by atoms with Crippen molar-refractivity contribution in [3.63, 3.8) is 0 Å². The maximum atomic E-state index is 4.90. The quantitative estimate of drug-likeness (QED) is 0.285. The summed E-state index contributed by atoms with van der Waals surface area (Å²) in [7, 11) is 0. The maximum Gasteiger partial charge on any atom is 0.158 e. The molecular formula is C37H27N5. The molecular weight excluding hydrogens is 514 g/mol. The van der Waals surface area contributed by atoms with Crippen LogP contribution in [-0.2, 0) is 5.41 Å². The summed E-state index contributed by atoms with van der Waals surface area (Å²) < 4.78 is 2.27. The lowest BCUT2D eigenvalue weighted by molar-refractivity contribution is 0.659. The van der Waals surface area contributed by atoms with Crippen molar-refractivity contribution < 1.29 is 0 Å². The number of aromatic nitrogens is 3. The third-order valence-electron chi connectivity index (χ3n) is 9.10. The molecule has 200 valence electrons. The number of nitrogens with one attached hydrogen (secondary N) is 2. The first kappa shape index (κ1) is 23.3. The second kappa shape index (κ2) is 8.30. The summed E-state index contributed by atoms with van der Waals surface area (Å²) in [6, 6.07) is 37.1. The lowest BCUT2D eigenvalue weighted by Crippen LogP contribution is -2.51. The molecule has 0 saturated carbocycles. The number of nitrogens with zero attached hydrogens (tertiary/aromatic N) is 3. The average molecular weight is 542 g/mol. The fourth-order valence-corrected chi connectivity index (χ4v) is 7.06. The lowest BCUT2D eigenvalue weighted by Gasteiger charge is -2.24. The first-order chi connectivity index (χ1) is 20.6. The van der Waals surface area contributed by atoms with Gasteiger partial charge < -0.3 is 0 Å². The number of fused-ring (bicyclic) bond motifs is 8. The summed E-state index contributed by atoms with van der Waals surface area (Å²) in [5.74, 6) is 0.859. The van der Waals surface area contributed by atoms with Gasteiger partial charge in [-0.2, -0.15) is 0 Å². The summed E-state index contributed by atoms with van der Waals surface area (Å²) in [5.41, 5.74) is 16.6. The number of hydrogen-bond acceptors (Lipinski definition) is 4. The van der Waals surface area contributed by atoms with Crippen LogP contribution in [0.25, 0.3) is 55.2 Å². The molecule has 7 aromatic rings. The van der Waals surface area contributed by atoms with Gasteiger partial charge in [0.15, 0.2) is 5.82 Å². The van der Waals surface area contributed by atoms with Gasteiger partial charge in [-0.15, -0.1) is 0 Å². The lowest BCUT2D eigenvalue weighted by atomic mass is 9.82. The number of hydrazine groups is 1. The highest BCUT2D eigenvalue weighted by molar-refractivity contribution is 6.14. The van der Waals surface area contributed by atoms with Gasteiger partial charge in [-0.25, -0.2) is 4.98 Å². The second-order valence-corrected chi connectivity index (χ2v) is 11.7. The first-order valence-electron chi connectivity index (χ1n) is 14.3. The SMILES string of the molecule is CC1(C)c2ccccc2-c2ccc(C3=c4nccnc4=C(n4c5ccccc5c5cc6ccccc6cc54)NN3)cc21. The third-order valence-corrected chi connectivity index (χ3v) is 9.10. The molecule has 5 nitrogen and oxygen atoms in total. The average Bonchev–Trinajstić information content (AvgIpc) is 3.47. The minimum atomic E-state index is -0.0845. The first-order valence-corrected chi connectivity index (χ1v) is 14.3. The van der Waals surface area contributed by atoms with Gasteiger partial charge in [0.05, 0.1) is 16.7 Å². The van der Waals surface area contributed by atoms with E-state index in [0.717, 1.165) is 38.8 Å². The van der Waals surface area contributed by atoms with E-state index >= 15 is 0 Å². The van der Waals surface area contributed by atoms with Gasteiger partial charge in [-0.1, -0.05) is 92.7 Å². The Morgan fingerprint density at radius 3 is 2.19 bits per heavy atom. The Labute approximate surface area is 242 Å². The van der Waals surface area contributed by atoms with Crippen LogP contribution in [0.1, 0.15) is 30.5 Å². The summed E-state index contributed by atoms with van der Waals surface area (Å²) in [4.78, 5) is 9.78. The van der Waals surface area contributed by atoms with E-state index in [9.17, 15) is 0 Å². The van der Waals surface area contributed by atoms with Gasteiger partial charge in [0.25, 0.3) is 0 Å². The summed E-state index contributed by atoms with van der Waals surface area (Å²) in [6.45, 7) is 4.62. The number of benzene rings is 5. The molecule has 1 aliphatic heterocycles. The fraction of sp³-hybridized carbons (Fsp3) is 0.0811. The standard InChI is InChI=1S/C37H27N5/c1-37(2)29-13-7-5-11-25(29)26-16-15-24(20-30(26)37)33-34-35(39-18-17-38-34)36(41-40-33)42-31-14-8-6-12-27(31)28-19-22-9-3-4-10-23(22)21-32(28)42/h3-21,40-41H,1-2H3. The Hall–Kier alpha value is -5.42. The Bertz CT molecular complexity index is 2400. The van der Waals surface area contributed by atoms with Crippen LogP contribution in [0.15, 0.2) is 116 Å². The molecule has 5 aromatic carbocycles. The van der Waals surface area contributed by atoms with Gasteiger partial charge in [-0.05, 0) is 57.3 Å². The number of rotatable bonds is 2. The molecule has 42 heavy (non-hydrogen) atoms. The van der Waals surface area contributed by atoms with Gasteiger partial charge >= 0.3 is 0 Å². The molecule has 1 aliphatic carbocycles. The van der Waals surface area contributed by atoms with E-state index in [1.54, 1.807) is 12.4 Å². The molecule has 9 rings (SSSR count). The van der Waals surface area contributed by atoms with E-state index in [0.29, 0.717) is 0 Å².